The highest BCUT2D eigenvalue weighted by atomic mass is 35.5. The summed E-state index contributed by atoms with van der Waals surface area (Å²) in [6, 6.07) is 11.6. The van der Waals surface area contributed by atoms with E-state index in [4.69, 9.17) is 11.6 Å². The van der Waals surface area contributed by atoms with Crippen molar-refractivity contribution in [3.05, 3.63) is 64.9 Å². The lowest BCUT2D eigenvalue weighted by Crippen LogP contribution is -2.50. The van der Waals surface area contributed by atoms with Gasteiger partial charge in [-0.2, -0.15) is 0 Å². The number of hydrogen-bond acceptors (Lipinski definition) is 3. The lowest BCUT2D eigenvalue weighted by molar-refractivity contribution is -0.134. The second-order valence-corrected chi connectivity index (χ2v) is 6.87. The Balaban J connectivity index is 1.80. The van der Waals surface area contributed by atoms with Crippen molar-refractivity contribution in [2.45, 2.75) is 19.3 Å². The van der Waals surface area contributed by atoms with Crippen molar-refractivity contribution in [2.24, 2.45) is 0 Å². The second-order valence-electron chi connectivity index (χ2n) is 6.43. The van der Waals surface area contributed by atoms with Gasteiger partial charge < -0.3 is 9.80 Å². The first-order chi connectivity index (χ1) is 12.2. The summed E-state index contributed by atoms with van der Waals surface area (Å²) in [5, 5.41) is 0.688. The maximum Gasteiger partial charge on any atom is 0.230 e. The second kappa shape index (κ2) is 8.45. The van der Waals surface area contributed by atoms with E-state index in [1.165, 1.54) is 0 Å². The SMILES string of the molecule is CCN1CCN(C(=O)C(Cc2cccnc2)c2ccc(Cl)cc2)CC1. The molecule has 0 saturated carbocycles. The summed E-state index contributed by atoms with van der Waals surface area (Å²) in [4.78, 5) is 21.8. The molecule has 0 spiro atoms. The number of aromatic nitrogens is 1. The molecule has 0 bridgehead atoms. The zero-order valence-electron chi connectivity index (χ0n) is 14.6. The van der Waals surface area contributed by atoms with Gasteiger partial charge in [0.05, 0.1) is 5.92 Å². The Labute approximate surface area is 154 Å². The Morgan fingerprint density at radius 1 is 1.16 bits per heavy atom. The summed E-state index contributed by atoms with van der Waals surface area (Å²) in [5.74, 6) is -0.00317. The van der Waals surface area contributed by atoms with E-state index in [1.54, 1.807) is 6.20 Å². The molecule has 3 rings (SSSR count). The van der Waals surface area contributed by atoms with Crippen LogP contribution in [0.5, 0.6) is 0 Å². The van der Waals surface area contributed by atoms with Crippen molar-refractivity contribution in [2.75, 3.05) is 32.7 Å². The largest absolute Gasteiger partial charge is 0.340 e. The molecule has 25 heavy (non-hydrogen) atoms. The summed E-state index contributed by atoms with van der Waals surface area (Å²) >= 11 is 6.03. The molecule has 1 saturated heterocycles. The Morgan fingerprint density at radius 3 is 2.48 bits per heavy atom. The van der Waals surface area contributed by atoms with E-state index in [2.05, 4.69) is 16.8 Å². The zero-order chi connectivity index (χ0) is 17.6. The molecule has 0 aliphatic carbocycles. The highest BCUT2D eigenvalue weighted by molar-refractivity contribution is 6.30. The summed E-state index contributed by atoms with van der Waals surface area (Å²) in [5.41, 5.74) is 2.08. The number of nitrogens with zero attached hydrogens (tertiary/aromatic N) is 3. The van der Waals surface area contributed by atoms with Gasteiger partial charge in [-0.1, -0.05) is 36.7 Å². The van der Waals surface area contributed by atoms with E-state index in [0.717, 1.165) is 43.9 Å². The smallest absolute Gasteiger partial charge is 0.230 e. The van der Waals surface area contributed by atoms with Gasteiger partial charge in [-0.3, -0.25) is 9.78 Å². The first kappa shape index (κ1) is 17.9. The molecule has 0 N–H and O–H groups in total. The topological polar surface area (TPSA) is 36.4 Å². The quantitative estimate of drug-likeness (QED) is 0.824. The normalized spacial score (nSPS) is 16.6. The molecule has 1 aliphatic heterocycles. The number of carbonyl (C=O) groups is 1. The fourth-order valence-corrected chi connectivity index (χ4v) is 3.43. The maximum absolute atomic E-state index is 13.2. The van der Waals surface area contributed by atoms with Crippen LogP contribution in [0.1, 0.15) is 24.0 Å². The number of likely N-dealkylation sites (N-methyl/N-ethyl adjacent to an activating group) is 1. The van der Waals surface area contributed by atoms with Crippen LogP contribution in [0, 0.1) is 0 Å². The third-order valence-corrected chi connectivity index (χ3v) is 5.12. The van der Waals surface area contributed by atoms with Crippen molar-refractivity contribution in [1.29, 1.82) is 0 Å². The molecule has 2 heterocycles. The lowest BCUT2D eigenvalue weighted by atomic mass is 9.91. The van der Waals surface area contributed by atoms with Crippen molar-refractivity contribution in [1.82, 2.24) is 14.8 Å². The van der Waals surface area contributed by atoms with Crippen LogP contribution in [-0.2, 0) is 11.2 Å². The first-order valence-electron chi connectivity index (χ1n) is 8.83. The predicted molar refractivity (Wildman–Crippen MR) is 101 cm³/mol. The molecule has 1 aliphatic rings. The molecular formula is C20H24ClN3O. The van der Waals surface area contributed by atoms with E-state index >= 15 is 0 Å². The van der Waals surface area contributed by atoms with Crippen LogP contribution in [0.2, 0.25) is 5.02 Å². The van der Waals surface area contributed by atoms with Crippen molar-refractivity contribution < 1.29 is 4.79 Å². The van der Waals surface area contributed by atoms with Gasteiger partial charge in [-0.15, -0.1) is 0 Å². The van der Waals surface area contributed by atoms with Crippen molar-refractivity contribution >= 4 is 17.5 Å². The molecule has 1 unspecified atom stereocenters. The highest BCUT2D eigenvalue weighted by Gasteiger charge is 2.28. The lowest BCUT2D eigenvalue weighted by Gasteiger charge is -2.36. The van der Waals surface area contributed by atoms with Crippen LogP contribution in [0.3, 0.4) is 0 Å². The van der Waals surface area contributed by atoms with Gasteiger partial charge in [-0.25, -0.2) is 0 Å². The molecule has 0 radical (unpaired) electrons. The molecule has 2 aromatic rings. The molecule has 1 aromatic heterocycles. The van der Waals surface area contributed by atoms with Gasteiger partial charge in [0, 0.05) is 43.6 Å². The van der Waals surface area contributed by atoms with Gasteiger partial charge in [-0.05, 0) is 42.3 Å². The fraction of sp³-hybridized carbons (Fsp3) is 0.400. The molecule has 4 nitrogen and oxygen atoms in total. The van der Waals surface area contributed by atoms with E-state index in [1.807, 2.05) is 47.5 Å². The molecule has 132 valence electrons. The monoisotopic (exact) mass is 357 g/mol. The molecule has 5 heteroatoms. The minimum atomic E-state index is -0.199. The average Bonchev–Trinajstić information content (AvgIpc) is 2.67. The number of amides is 1. The molecule has 1 amide bonds. The van der Waals surface area contributed by atoms with Gasteiger partial charge in [0.1, 0.15) is 0 Å². The number of carbonyl (C=O) groups excluding carboxylic acids is 1. The summed E-state index contributed by atoms with van der Waals surface area (Å²) in [6.07, 6.45) is 4.25. The van der Waals surface area contributed by atoms with Crippen LogP contribution in [0.25, 0.3) is 0 Å². The average molecular weight is 358 g/mol. The van der Waals surface area contributed by atoms with Gasteiger partial charge in [0.2, 0.25) is 5.91 Å². The van der Waals surface area contributed by atoms with Gasteiger partial charge in [0.15, 0.2) is 0 Å². The summed E-state index contributed by atoms with van der Waals surface area (Å²) in [6.45, 7) is 6.69. The van der Waals surface area contributed by atoms with Crippen LogP contribution in [-0.4, -0.2) is 53.4 Å². The fourth-order valence-electron chi connectivity index (χ4n) is 3.30. The third-order valence-electron chi connectivity index (χ3n) is 4.86. The van der Waals surface area contributed by atoms with Crippen LogP contribution < -0.4 is 0 Å². The van der Waals surface area contributed by atoms with Crippen molar-refractivity contribution in [3.8, 4) is 0 Å². The number of rotatable bonds is 5. The van der Waals surface area contributed by atoms with E-state index in [0.29, 0.717) is 11.4 Å². The van der Waals surface area contributed by atoms with Gasteiger partial charge >= 0.3 is 0 Å². The van der Waals surface area contributed by atoms with Crippen LogP contribution >= 0.6 is 11.6 Å². The maximum atomic E-state index is 13.2. The van der Waals surface area contributed by atoms with Gasteiger partial charge in [0.25, 0.3) is 0 Å². The van der Waals surface area contributed by atoms with E-state index in [9.17, 15) is 4.79 Å². The van der Waals surface area contributed by atoms with Crippen molar-refractivity contribution in [3.63, 3.8) is 0 Å². The number of benzene rings is 1. The van der Waals surface area contributed by atoms with Crippen LogP contribution in [0.4, 0.5) is 0 Å². The summed E-state index contributed by atoms with van der Waals surface area (Å²) in [7, 11) is 0. The highest BCUT2D eigenvalue weighted by Crippen LogP contribution is 2.25. The van der Waals surface area contributed by atoms with E-state index in [-0.39, 0.29) is 11.8 Å². The zero-order valence-corrected chi connectivity index (χ0v) is 15.3. The third kappa shape index (κ3) is 4.59. The minimum absolute atomic E-state index is 0.196. The minimum Gasteiger partial charge on any atom is -0.340 e. The molecular weight excluding hydrogens is 334 g/mol. The Morgan fingerprint density at radius 2 is 1.88 bits per heavy atom. The standard InChI is InChI=1S/C20H24ClN3O/c1-2-23-10-12-24(13-11-23)20(25)19(14-16-4-3-9-22-15-16)17-5-7-18(21)8-6-17/h3-9,15,19H,2,10-14H2,1H3. The number of piperazine rings is 1. The summed E-state index contributed by atoms with van der Waals surface area (Å²) < 4.78 is 0. The number of hydrogen-bond donors (Lipinski definition) is 0. The molecule has 1 atom stereocenters. The Hall–Kier alpha value is -1.91. The van der Waals surface area contributed by atoms with Crippen LogP contribution in [0.15, 0.2) is 48.8 Å². The Bertz CT molecular complexity index is 682. The molecule has 1 fully saturated rings. The van der Waals surface area contributed by atoms with E-state index < -0.39 is 0 Å². The Kier molecular flexibility index (Phi) is 6.05. The number of pyridine rings is 1. The number of halogens is 1. The first-order valence-corrected chi connectivity index (χ1v) is 9.20. The molecule has 1 aromatic carbocycles. The predicted octanol–water partition coefficient (Wildman–Crippen LogP) is 3.23.